The molecule has 0 spiro atoms. The third-order valence-electron chi connectivity index (χ3n) is 17.0. The first kappa shape index (κ1) is 68.0. The van der Waals surface area contributed by atoms with Gasteiger partial charge in [0, 0.05) is 32.5 Å². The van der Waals surface area contributed by atoms with Crippen molar-refractivity contribution in [3.63, 3.8) is 0 Å². The number of rotatable bonds is 22. The van der Waals surface area contributed by atoms with E-state index in [-0.39, 0.29) is 32.6 Å². The number of carbonyl (C=O) groups excluding carboxylic acids is 2. The standard InChI is InChI=1S/C37H41NO2SSi.C21H23NO2S.C21H22O2S/c1-37(2,3)42(32-17-9-5-10-18-32,33-19-11-6-12-20-33)40-38-36(39)34-21-13-14-22-35(34)41-28-27-29-23-25-31(26-24-29)30-15-7-4-8-16-30;23-21(22-24)19-8-4-5-9-20(19)25-15-14-16-10-12-18(13-11-16)17-6-2-1-3-7-17;22-21(23)19-8-4-5-9-20(19)24-15-14-16-10-12-18(13-11-16)17-6-2-1-3-7-17/h4-12,15-21,23-26,35H,13-14,22,27-28H2,1-3H3,(H,38,39);1-3,6-8,10-13,20,24H,4-5,9,14-15H2,(H,22,23);1-3,6-8,10-13,20H,4-5,9,14-15H2,(H,22,23). The summed E-state index contributed by atoms with van der Waals surface area (Å²) in [6.07, 6.45) is 18.0. The fraction of sp³-hybridized carbons (Fsp3) is 0.278. The van der Waals surface area contributed by atoms with Gasteiger partial charge in [-0.2, -0.15) is 35.3 Å². The Kier molecular flexibility index (Phi) is 26.0. The molecule has 8 aromatic rings. The first-order valence-electron chi connectivity index (χ1n) is 32.1. The van der Waals surface area contributed by atoms with Crippen LogP contribution >= 0.6 is 35.3 Å². The molecule has 11 rings (SSSR count). The minimum Gasteiger partial charge on any atom is -0.478 e. The SMILES string of the molecule is CC(C)(C)[Si](ONC(=O)C1=CCCCC1SCCc1ccc(-c2ccccc2)cc1)(c1ccccc1)c1ccccc1.O=C(NO)C1=CCCCC1SCCc1ccc(-c2ccccc2)cc1.O=C(O)C1=CCCCC1SCCc1ccc(-c2ccccc2)cc1. The summed E-state index contributed by atoms with van der Waals surface area (Å²) >= 11 is 5.47. The maximum atomic E-state index is 13.8. The topological polar surface area (TPSA) is 125 Å². The molecule has 0 aliphatic heterocycles. The van der Waals surface area contributed by atoms with E-state index in [9.17, 15) is 19.5 Å². The summed E-state index contributed by atoms with van der Waals surface area (Å²) in [6, 6.07) is 78.3. The third-order valence-corrected chi connectivity index (χ3v) is 25.9. The maximum Gasteiger partial charge on any atom is 0.332 e. The molecule has 0 fully saturated rings. The van der Waals surface area contributed by atoms with Crippen molar-refractivity contribution in [2.24, 2.45) is 0 Å². The molecule has 0 heterocycles. The van der Waals surface area contributed by atoms with Gasteiger partial charge in [0.05, 0.1) is 0 Å². The monoisotopic (exact) mass is 1280 g/mol. The summed E-state index contributed by atoms with van der Waals surface area (Å²) in [4.78, 5) is 36.8. The number of hydrogen-bond acceptors (Lipinski definition) is 8. The molecule has 3 atom stereocenters. The lowest BCUT2D eigenvalue weighted by molar-refractivity contribution is -0.133. The van der Waals surface area contributed by atoms with E-state index in [0.717, 1.165) is 116 Å². The summed E-state index contributed by atoms with van der Waals surface area (Å²) in [5.74, 6) is 1.68. The number of benzene rings is 8. The molecule has 91 heavy (non-hydrogen) atoms. The lowest BCUT2D eigenvalue weighted by Crippen LogP contribution is -2.68. The van der Waals surface area contributed by atoms with Crippen LogP contribution in [0.4, 0.5) is 0 Å². The van der Waals surface area contributed by atoms with E-state index in [1.165, 1.54) is 50.1 Å². The number of carbonyl (C=O) groups is 3. The van der Waals surface area contributed by atoms with E-state index in [1.807, 2.05) is 54.2 Å². The van der Waals surface area contributed by atoms with E-state index in [2.05, 4.69) is 226 Å². The fourth-order valence-electron chi connectivity index (χ4n) is 12.1. The number of carboxylic acid groups (broad SMARTS) is 1. The first-order chi connectivity index (χ1) is 44.4. The quantitative estimate of drug-likeness (QED) is 0.0298. The predicted octanol–water partition coefficient (Wildman–Crippen LogP) is 17.5. The maximum absolute atomic E-state index is 13.8. The van der Waals surface area contributed by atoms with Crippen LogP contribution in [0.1, 0.15) is 95.2 Å². The minimum atomic E-state index is -2.86. The highest BCUT2D eigenvalue weighted by Gasteiger charge is 2.52. The zero-order valence-corrected chi connectivity index (χ0v) is 56.1. The van der Waals surface area contributed by atoms with Crippen LogP contribution in [0.5, 0.6) is 0 Å². The van der Waals surface area contributed by atoms with Crippen molar-refractivity contribution in [3.05, 3.63) is 276 Å². The molecule has 0 saturated carbocycles. The summed E-state index contributed by atoms with van der Waals surface area (Å²) in [6.45, 7) is 6.66. The summed E-state index contributed by atoms with van der Waals surface area (Å²) in [7, 11) is -2.86. The Morgan fingerprint density at radius 3 is 1.04 bits per heavy atom. The number of aliphatic carboxylic acids is 1. The molecule has 8 nitrogen and oxygen atoms in total. The molecule has 3 aliphatic rings. The smallest absolute Gasteiger partial charge is 0.332 e. The van der Waals surface area contributed by atoms with E-state index in [4.69, 9.17) is 9.73 Å². The molecule has 12 heteroatoms. The summed E-state index contributed by atoms with van der Waals surface area (Å²) in [5, 5.41) is 20.7. The van der Waals surface area contributed by atoms with Gasteiger partial charge in [0.2, 0.25) is 0 Å². The molecule has 0 bridgehead atoms. The summed E-state index contributed by atoms with van der Waals surface area (Å²) in [5.41, 5.74) is 18.3. The average molecular weight is 1280 g/mol. The third kappa shape index (κ3) is 19.3. The van der Waals surface area contributed by atoms with E-state index in [0.29, 0.717) is 5.57 Å². The largest absolute Gasteiger partial charge is 0.478 e. The Balaban J connectivity index is 0.000000172. The lowest BCUT2D eigenvalue weighted by Gasteiger charge is -2.42. The minimum absolute atomic E-state index is 0.104. The van der Waals surface area contributed by atoms with Gasteiger partial charge in [-0.15, -0.1) is 0 Å². The van der Waals surface area contributed by atoms with Crippen LogP contribution in [-0.2, 0) is 38.2 Å². The van der Waals surface area contributed by atoms with Crippen molar-refractivity contribution in [2.45, 2.75) is 119 Å². The van der Waals surface area contributed by atoms with Gasteiger partial charge in [0.15, 0.2) is 0 Å². The number of carboxylic acids is 1. The van der Waals surface area contributed by atoms with Crippen LogP contribution in [0.25, 0.3) is 33.4 Å². The lowest BCUT2D eigenvalue weighted by atomic mass is 9.98. The van der Waals surface area contributed by atoms with Gasteiger partial charge >= 0.3 is 5.97 Å². The Morgan fingerprint density at radius 2 is 0.725 bits per heavy atom. The number of hydrogen-bond donors (Lipinski definition) is 4. The van der Waals surface area contributed by atoms with Gasteiger partial charge in [-0.1, -0.05) is 263 Å². The van der Waals surface area contributed by atoms with E-state index >= 15 is 0 Å². The zero-order chi connectivity index (χ0) is 63.7. The van der Waals surface area contributed by atoms with Crippen molar-refractivity contribution >= 4 is 71.8 Å². The highest BCUT2D eigenvalue weighted by molar-refractivity contribution is 8.00. The van der Waals surface area contributed by atoms with Gasteiger partial charge in [-0.25, -0.2) is 15.8 Å². The number of amides is 2. The number of aryl methyl sites for hydroxylation is 3. The van der Waals surface area contributed by atoms with Crippen molar-refractivity contribution in [1.29, 1.82) is 0 Å². The molecule has 8 aromatic carbocycles. The van der Waals surface area contributed by atoms with Crippen molar-refractivity contribution in [3.8, 4) is 33.4 Å². The second-order valence-electron chi connectivity index (χ2n) is 24.2. The molecule has 4 N–H and O–H groups in total. The second kappa shape index (κ2) is 34.8. The molecular formula is C79H86N2O6S3Si. The van der Waals surface area contributed by atoms with Crippen molar-refractivity contribution in [2.75, 3.05) is 17.3 Å². The molecule has 2 amide bonds. The van der Waals surface area contributed by atoms with Crippen LogP contribution in [0.2, 0.25) is 5.04 Å². The van der Waals surface area contributed by atoms with Crippen LogP contribution in [0.3, 0.4) is 0 Å². The molecular weight excluding hydrogens is 1200 g/mol. The van der Waals surface area contributed by atoms with Crippen LogP contribution in [0, 0.1) is 0 Å². The van der Waals surface area contributed by atoms with Crippen molar-refractivity contribution in [1.82, 2.24) is 11.0 Å². The van der Waals surface area contributed by atoms with Crippen LogP contribution < -0.4 is 21.3 Å². The van der Waals surface area contributed by atoms with Gasteiger partial charge in [0.25, 0.3) is 20.1 Å². The fourth-order valence-corrected chi connectivity index (χ4v) is 20.3. The Labute approximate surface area is 553 Å². The molecule has 0 radical (unpaired) electrons. The molecule has 3 unspecified atom stereocenters. The highest BCUT2D eigenvalue weighted by atomic mass is 32.2. The van der Waals surface area contributed by atoms with E-state index < -0.39 is 14.3 Å². The zero-order valence-electron chi connectivity index (χ0n) is 52.7. The number of nitrogens with one attached hydrogen (secondary N) is 2. The van der Waals surface area contributed by atoms with Crippen LogP contribution in [0.15, 0.2) is 259 Å². The second-order valence-corrected chi connectivity index (χ2v) is 32.4. The Morgan fingerprint density at radius 1 is 0.429 bits per heavy atom. The number of thioether (sulfide) groups is 3. The van der Waals surface area contributed by atoms with E-state index in [1.54, 1.807) is 29.0 Å². The van der Waals surface area contributed by atoms with Gasteiger partial charge in [-0.3, -0.25) is 14.8 Å². The Hall–Kier alpha value is -7.42. The van der Waals surface area contributed by atoms with Gasteiger partial charge in [0.1, 0.15) is 0 Å². The highest BCUT2D eigenvalue weighted by Crippen LogP contribution is 2.38. The number of hydroxylamine groups is 2. The van der Waals surface area contributed by atoms with Crippen molar-refractivity contribution < 1.29 is 29.2 Å². The summed E-state index contributed by atoms with van der Waals surface area (Å²) < 4.78 is 6.74. The predicted molar refractivity (Wildman–Crippen MR) is 386 cm³/mol. The Bertz CT molecular complexity index is 3600. The molecule has 3 aliphatic carbocycles. The molecule has 0 aromatic heterocycles. The van der Waals surface area contributed by atoms with Gasteiger partial charge < -0.3 is 9.63 Å². The number of allylic oxidation sites excluding steroid dienone is 3. The molecule has 0 saturated heterocycles. The van der Waals surface area contributed by atoms with Crippen LogP contribution in [-0.4, -0.2) is 69.4 Å². The van der Waals surface area contributed by atoms with Gasteiger partial charge in [-0.05, 0) is 160 Å². The molecule has 470 valence electrons. The first-order valence-corrected chi connectivity index (χ1v) is 37.1. The normalized spacial score (nSPS) is 16.4. The average Bonchev–Trinajstić information content (AvgIpc) is 0.768.